The maximum Gasteiger partial charge on any atom is 0.322 e. The molecule has 1 saturated heterocycles. The largest absolute Gasteiger partial charge is 0.480 e. The average Bonchev–Trinajstić information content (AvgIpc) is 2.29. The molecule has 0 bridgehead atoms. The van der Waals surface area contributed by atoms with Crippen molar-refractivity contribution >= 4 is 16.2 Å². The minimum absolute atomic E-state index is 0.00166. The third-order valence-electron chi connectivity index (χ3n) is 2.57. The van der Waals surface area contributed by atoms with Crippen LogP contribution in [0.3, 0.4) is 0 Å². The van der Waals surface area contributed by atoms with Crippen molar-refractivity contribution in [2.75, 3.05) is 13.1 Å². The van der Waals surface area contributed by atoms with E-state index in [9.17, 15) is 13.2 Å². The zero-order valence-electron chi connectivity index (χ0n) is 9.29. The van der Waals surface area contributed by atoms with Gasteiger partial charge in [-0.3, -0.25) is 4.79 Å². The molecular formula is C9H15N3O4S. The summed E-state index contributed by atoms with van der Waals surface area (Å²) in [5.41, 5.74) is 0. The molecule has 8 heteroatoms. The van der Waals surface area contributed by atoms with Gasteiger partial charge in [-0.25, -0.2) is 4.72 Å². The molecule has 0 saturated carbocycles. The Morgan fingerprint density at radius 1 is 1.53 bits per heavy atom. The number of carboxylic acids is 1. The minimum atomic E-state index is -3.80. The molecule has 2 N–H and O–H groups in total. The van der Waals surface area contributed by atoms with E-state index in [2.05, 4.69) is 4.72 Å². The second-order valence-electron chi connectivity index (χ2n) is 3.77. The Labute approximate surface area is 100 Å². The molecule has 1 aliphatic rings. The summed E-state index contributed by atoms with van der Waals surface area (Å²) < 4.78 is 26.8. The van der Waals surface area contributed by atoms with E-state index in [1.54, 1.807) is 0 Å². The van der Waals surface area contributed by atoms with E-state index in [-0.39, 0.29) is 19.5 Å². The number of nitrogens with one attached hydrogen (secondary N) is 1. The Hall–Kier alpha value is -1.17. The van der Waals surface area contributed by atoms with E-state index >= 15 is 0 Å². The van der Waals surface area contributed by atoms with Crippen LogP contribution >= 0.6 is 0 Å². The van der Waals surface area contributed by atoms with E-state index in [0.29, 0.717) is 19.3 Å². The van der Waals surface area contributed by atoms with Crippen LogP contribution in [-0.2, 0) is 15.0 Å². The highest BCUT2D eigenvalue weighted by Gasteiger charge is 2.36. The van der Waals surface area contributed by atoms with Crippen molar-refractivity contribution in [3.8, 4) is 6.07 Å². The summed E-state index contributed by atoms with van der Waals surface area (Å²) in [6.07, 6.45) is 1.75. The first-order valence-electron chi connectivity index (χ1n) is 5.35. The summed E-state index contributed by atoms with van der Waals surface area (Å²) in [7, 11) is -3.80. The molecular weight excluding hydrogens is 246 g/mol. The van der Waals surface area contributed by atoms with Gasteiger partial charge in [0.25, 0.3) is 10.2 Å². The molecule has 0 radical (unpaired) electrons. The van der Waals surface area contributed by atoms with Gasteiger partial charge in [0.2, 0.25) is 0 Å². The van der Waals surface area contributed by atoms with Gasteiger partial charge in [0.05, 0.1) is 6.07 Å². The summed E-state index contributed by atoms with van der Waals surface area (Å²) in [4.78, 5) is 11.0. The summed E-state index contributed by atoms with van der Waals surface area (Å²) in [6, 6.07) is 0.818. The maximum absolute atomic E-state index is 11.8. The standard InChI is InChI=1S/C9H15N3O4S/c10-5-3-6-11-17(15,16)12-7-2-1-4-8(12)9(13)14/h8,11H,1-4,6-7H2,(H,13,14). The van der Waals surface area contributed by atoms with Gasteiger partial charge in [0.1, 0.15) is 6.04 Å². The van der Waals surface area contributed by atoms with Gasteiger partial charge in [-0.05, 0) is 19.3 Å². The fourth-order valence-corrected chi connectivity index (χ4v) is 3.18. The van der Waals surface area contributed by atoms with Crippen molar-refractivity contribution in [1.29, 1.82) is 5.26 Å². The van der Waals surface area contributed by atoms with Crippen molar-refractivity contribution < 1.29 is 18.3 Å². The van der Waals surface area contributed by atoms with Crippen LogP contribution in [0.1, 0.15) is 25.7 Å². The lowest BCUT2D eigenvalue weighted by Gasteiger charge is -2.31. The molecule has 0 aliphatic carbocycles. The molecule has 1 fully saturated rings. The van der Waals surface area contributed by atoms with Gasteiger partial charge < -0.3 is 5.11 Å². The summed E-state index contributed by atoms with van der Waals surface area (Å²) in [5, 5.41) is 17.3. The number of hydrogen-bond acceptors (Lipinski definition) is 4. The Morgan fingerprint density at radius 2 is 2.24 bits per heavy atom. The van der Waals surface area contributed by atoms with Crippen LogP contribution in [0.4, 0.5) is 0 Å². The van der Waals surface area contributed by atoms with Crippen molar-refractivity contribution in [2.24, 2.45) is 0 Å². The third-order valence-corrected chi connectivity index (χ3v) is 4.19. The number of aliphatic carboxylic acids is 1. The van der Waals surface area contributed by atoms with Crippen LogP contribution in [0.15, 0.2) is 0 Å². The van der Waals surface area contributed by atoms with E-state index in [1.807, 2.05) is 6.07 Å². The van der Waals surface area contributed by atoms with Crippen LogP contribution in [0.2, 0.25) is 0 Å². The zero-order valence-corrected chi connectivity index (χ0v) is 10.1. The quantitative estimate of drug-likeness (QED) is 0.658. The fraction of sp³-hybridized carbons (Fsp3) is 0.778. The summed E-state index contributed by atoms with van der Waals surface area (Å²) in [6.45, 7) is 0.209. The van der Waals surface area contributed by atoms with Crippen LogP contribution in [0, 0.1) is 11.3 Å². The van der Waals surface area contributed by atoms with Gasteiger partial charge in [-0.15, -0.1) is 0 Å². The molecule has 0 amide bonds. The first-order chi connectivity index (χ1) is 7.99. The van der Waals surface area contributed by atoms with E-state index in [1.165, 1.54) is 0 Å². The Morgan fingerprint density at radius 3 is 2.82 bits per heavy atom. The van der Waals surface area contributed by atoms with Gasteiger partial charge in [0.15, 0.2) is 0 Å². The SMILES string of the molecule is N#CCCNS(=O)(=O)N1CCCCC1C(=O)O. The Kier molecular flexibility index (Phi) is 4.86. The van der Waals surface area contributed by atoms with E-state index in [0.717, 1.165) is 4.31 Å². The van der Waals surface area contributed by atoms with Gasteiger partial charge in [-0.1, -0.05) is 0 Å². The predicted molar refractivity (Wildman–Crippen MR) is 59.1 cm³/mol. The van der Waals surface area contributed by atoms with Crippen LogP contribution in [-0.4, -0.2) is 42.9 Å². The topological polar surface area (TPSA) is 111 Å². The number of carbonyl (C=O) groups is 1. The van der Waals surface area contributed by atoms with E-state index < -0.39 is 22.2 Å². The van der Waals surface area contributed by atoms with Gasteiger partial charge in [0, 0.05) is 19.5 Å². The van der Waals surface area contributed by atoms with Gasteiger partial charge >= 0.3 is 5.97 Å². The third kappa shape index (κ3) is 3.66. The molecule has 0 aromatic rings. The van der Waals surface area contributed by atoms with Crippen molar-refractivity contribution in [3.05, 3.63) is 0 Å². The molecule has 96 valence electrons. The molecule has 17 heavy (non-hydrogen) atoms. The molecule has 1 rings (SSSR count). The highest BCUT2D eigenvalue weighted by molar-refractivity contribution is 7.87. The van der Waals surface area contributed by atoms with Crippen molar-refractivity contribution in [2.45, 2.75) is 31.7 Å². The predicted octanol–water partition coefficient (Wildman–Crippen LogP) is -0.326. The monoisotopic (exact) mass is 261 g/mol. The van der Waals surface area contributed by atoms with Crippen molar-refractivity contribution in [1.82, 2.24) is 9.03 Å². The molecule has 0 aromatic carbocycles. The first-order valence-corrected chi connectivity index (χ1v) is 6.79. The maximum atomic E-state index is 11.8. The second kappa shape index (κ2) is 5.95. The molecule has 0 spiro atoms. The number of piperidine rings is 1. The Bertz CT molecular complexity index is 414. The smallest absolute Gasteiger partial charge is 0.322 e. The lowest BCUT2D eigenvalue weighted by Crippen LogP contribution is -2.52. The number of carboxylic acid groups (broad SMARTS) is 1. The second-order valence-corrected chi connectivity index (χ2v) is 5.48. The van der Waals surface area contributed by atoms with Crippen molar-refractivity contribution in [3.63, 3.8) is 0 Å². The number of nitriles is 1. The van der Waals surface area contributed by atoms with Gasteiger partial charge in [-0.2, -0.15) is 18.0 Å². The first kappa shape index (κ1) is 13.9. The summed E-state index contributed by atoms with van der Waals surface area (Å²) in [5.74, 6) is -1.13. The van der Waals surface area contributed by atoms with Crippen LogP contribution in [0.25, 0.3) is 0 Å². The van der Waals surface area contributed by atoms with Crippen LogP contribution < -0.4 is 4.72 Å². The number of nitrogens with zero attached hydrogens (tertiary/aromatic N) is 2. The fourth-order valence-electron chi connectivity index (χ4n) is 1.76. The average molecular weight is 261 g/mol. The number of rotatable bonds is 5. The minimum Gasteiger partial charge on any atom is -0.480 e. The Balaban J connectivity index is 2.73. The zero-order chi connectivity index (χ0) is 12.9. The molecule has 1 heterocycles. The van der Waals surface area contributed by atoms with E-state index in [4.69, 9.17) is 10.4 Å². The molecule has 7 nitrogen and oxygen atoms in total. The molecule has 1 aliphatic heterocycles. The lowest BCUT2D eigenvalue weighted by molar-refractivity contribution is -0.142. The normalized spacial score (nSPS) is 21.9. The number of hydrogen-bond donors (Lipinski definition) is 2. The molecule has 1 unspecified atom stereocenters. The molecule has 0 aromatic heterocycles. The highest BCUT2D eigenvalue weighted by atomic mass is 32.2. The highest BCUT2D eigenvalue weighted by Crippen LogP contribution is 2.19. The lowest BCUT2D eigenvalue weighted by atomic mass is 10.1. The summed E-state index contributed by atoms with van der Waals surface area (Å²) >= 11 is 0. The van der Waals surface area contributed by atoms with Crippen LogP contribution in [0.5, 0.6) is 0 Å². The molecule has 1 atom stereocenters.